The molecule has 39 heavy (non-hydrogen) atoms. The minimum absolute atomic E-state index is 0.112. The lowest BCUT2D eigenvalue weighted by Gasteiger charge is -2.38. The van der Waals surface area contributed by atoms with Crippen LogP contribution in [0, 0.1) is 0 Å². The molecule has 0 aromatic heterocycles. The summed E-state index contributed by atoms with van der Waals surface area (Å²) in [6.45, 7) is 5.88. The number of aliphatic hydroxyl groups excluding tert-OH is 2. The number of fused-ring (bicyclic) bond motifs is 4. The first-order chi connectivity index (χ1) is 19.0. The smallest absolute Gasteiger partial charge is 0.257 e. The van der Waals surface area contributed by atoms with E-state index in [1.807, 2.05) is 25.1 Å². The first-order valence-electron chi connectivity index (χ1n) is 14.6. The molecule has 0 spiro atoms. The van der Waals surface area contributed by atoms with E-state index in [2.05, 4.69) is 34.1 Å². The van der Waals surface area contributed by atoms with Crippen molar-refractivity contribution in [2.24, 2.45) is 0 Å². The number of rotatable bonds is 8. The fraction of sp³-hybridized carbons (Fsp3) is 0.581. The van der Waals surface area contributed by atoms with E-state index in [0.29, 0.717) is 36.5 Å². The molecule has 0 saturated carbocycles. The number of piperidine rings is 1. The van der Waals surface area contributed by atoms with Gasteiger partial charge in [0.2, 0.25) is 0 Å². The van der Waals surface area contributed by atoms with E-state index < -0.39 is 6.10 Å². The number of aliphatic hydroxyl groups is 2. The summed E-state index contributed by atoms with van der Waals surface area (Å²) in [5.41, 5.74) is 3.22. The van der Waals surface area contributed by atoms with Crippen molar-refractivity contribution in [2.45, 2.75) is 76.0 Å². The Bertz CT molecular complexity index is 1160. The van der Waals surface area contributed by atoms with Gasteiger partial charge in [-0.2, -0.15) is 0 Å². The molecule has 8 nitrogen and oxygen atoms in total. The number of ether oxygens (including phenoxy) is 2. The third-order valence-corrected chi connectivity index (χ3v) is 8.89. The molecule has 6 rings (SSSR count). The largest absolute Gasteiger partial charge is 0.490 e. The highest BCUT2D eigenvalue weighted by molar-refractivity contribution is 5.97. The van der Waals surface area contributed by atoms with Gasteiger partial charge < -0.3 is 24.6 Å². The number of hydrogen-bond donors (Lipinski definition) is 2. The summed E-state index contributed by atoms with van der Waals surface area (Å²) in [6, 6.07) is 15.0. The molecule has 4 atom stereocenters. The van der Waals surface area contributed by atoms with Crippen molar-refractivity contribution in [3.05, 3.63) is 59.2 Å². The van der Waals surface area contributed by atoms with Crippen LogP contribution in [0.2, 0.25) is 0 Å². The van der Waals surface area contributed by atoms with Crippen molar-refractivity contribution < 1.29 is 24.5 Å². The molecule has 1 amide bonds. The monoisotopic (exact) mass is 535 g/mol. The molecule has 4 aliphatic heterocycles. The van der Waals surface area contributed by atoms with Gasteiger partial charge in [-0.25, -0.2) is 0 Å². The highest BCUT2D eigenvalue weighted by atomic mass is 16.5. The average molecular weight is 536 g/mol. The summed E-state index contributed by atoms with van der Waals surface area (Å²) < 4.78 is 12.6. The molecule has 4 aliphatic rings. The van der Waals surface area contributed by atoms with Crippen LogP contribution in [0.1, 0.15) is 54.1 Å². The second kappa shape index (κ2) is 11.5. The van der Waals surface area contributed by atoms with E-state index in [0.717, 1.165) is 57.5 Å². The Morgan fingerprint density at radius 2 is 1.85 bits per heavy atom. The predicted molar refractivity (Wildman–Crippen MR) is 148 cm³/mol. The van der Waals surface area contributed by atoms with Crippen LogP contribution in [0.3, 0.4) is 0 Å². The normalized spacial score (nSPS) is 27.9. The molecular formula is C31H41N3O5. The lowest BCUT2D eigenvalue weighted by atomic mass is 9.99. The van der Waals surface area contributed by atoms with Crippen LogP contribution in [0.25, 0.3) is 0 Å². The Hall–Kier alpha value is -2.65. The third-order valence-electron chi connectivity index (χ3n) is 8.89. The van der Waals surface area contributed by atoms with E-state index in [1.165, 1.54) is 11.1 Å². The van der Waals surface area contributed by atoms with Gasteiger partial charge in [0.1, 0.15) is 23.7 Å². The third kappa shape index (κ3) is 5.80. The minimum Gasteiger partial charge on any atom is -0.490 e. The Morgan fingerprint density at radius 1 is 1.08 bits per heavy atom. The van der Waals surface area contributed by atoms with Gasteiger partial charge in [-0.3, -0.25) is 14.6 Å². The van der Waals surface area contributed by atoms with Gasteiger partial charge in [-0.1, -0.05) is 24.3 Å². The molecule has 0 aliphatic carbocycles. The number of nitrogens with zero attached hydrogens (tertiary/aromatic N) is 3. The molecule has 2 fully saturated rings. The van der Waals surface area contributed by atoms with Crippen molar-refractivity contribution in [3.63, 3.8) is 0 Å². The van der Waals surface area contributed by atoms with Crippen LogP contribution >= 0.6 is 0 Å². The lowest BCUT2D eigenvalue weighted by molar-refractivity contribution is 0.0389. The fourth-order valence-electron chi connectivity index (χ4n) is 7.14. The molecule has 2 saturated heterocycles. The highest BCUT2D eigenvalue weighted by Gasteiger charge is 2.41. The summed E-state index contributed by atoms with van der Waals surface area (Å²) in [7, 11) is 0. The summed E-state index contributed by atoms with van der Waals surface area (Å²) in [4.78, 5) is 20.0. The molecule has 4 heterocycles. The zero-order valence-electron chi connectivity index (χ0n) is 22.9. The number of hydrogen-bond acceptors (Lipinski definition) is 7. The van der Waals surface area contributed by atoms with Crippen LogP contribution < -0.4 is 9.47 Å². The van der Waals surface area contributed by atoms with Crippen molar-refractivity contribution in [2.75, 3.05) is 39.3 Å². The summed E-state index contributed by atoms with van der Waals surface area (Å²) in [5.74, 6) is 1.17. The Balaban J connectivity index is 1.08. The van der Waals surface area contributed by atoms with Gasteiger partial charge in [-0.05, 0) is 62.3 Å². The molecule has 2 aromatic rings. The van der Waals surface area contributed by atoms with Gasteiger partial charge in [0.15, 0.2) is 0 Å². The quantitative estimate of drug-likeness (QED) is 0.538. The standard InChI is InChI=1S/C31H41N3O5/c1-21-17-33(20-26(36)19-32-11-10-22-4-2-3-5-23(22)18-32)31(37)29-9-8-27(16-30(29)38-21)39-28-14-24-6-7-25(15-28)34(24)12-13-35/h2-5,8-9,16,21,24-26,28,35-36H,6-7,10-15,17-20H2,1H3/t21-,24?,25?,26-,28?/m1/s1. The van der Waals surface area contributed by atoms with Crippen LogP contribution in [-0.2, 0) is 13.0 Å². The number of carbonyl (C=O) groups excluding carboxylic acids is 1. The van der Waals surface area contributed by atoms with E-state index >= 15 is 0 Å². The van der Waals surface area contributed by atoms with Crippen molar-refractivity contribution >= 4 is 5.91 Å². The molecule has 2 bridgehead atoms. The summed E-state index contributed by atoms with van der Waals surface area (Å²) >= 11 is 0. The maximum absolute atomic E-state index is 13.5. The Kier molecular flexibility index (Phi) is 7.80. The number of amides is 1. The maximum atomic E-state index is 13.5. The minimum atomic E-state index is -0.636. The predicted octanol–water partition coefficient (Wildman–Crippen LogP) is 2.70. The number of carbonyl (C=O) groups is 1. The molecule has 2 aromatic carbocycles. The van der Waals surface area contributed by atoms with E-state index in [-0.39, 0.29) is 31.3 Å². The van der Waals surface area contributed by atoms with Crippen LogP contribution in [0.15, 0.2) is 42.5 Å². The van der Waals surface area contributed by atoms with Crippen LogP contribution in [0.4, 0.5) is 0 Å². The van der Waals surface area contributed by atoms with Gasteiger partial charge in [0.25, 0.3) is 5.91 Å². The fourth-order valence-corrected chi connectivity index (χ4v) is 7.14. The van der Waals surface area contributed by atoms with Gasteiger partial charge in [-0.15, -0.1) is 0 Å². The van der Waals surface area contributed by atoms with E-state index in [9.17, 15) is 15.0 Å². The van der Waals surface area contributed by atoms with Crippen molar-refractivity contribution in [3.8, 4) is 11.5 Å². The van der Waals surface area contributed by atoms with Crippen LogP contribution in [0.5, 0.6) is 11.5 Å². The van der Waals surface area contributed by atoms with Gasteiger partial charge in [0.05, 0.1) is 24.8 Å². The Morgan fingerprint density at radius 3 is 2.62 bits per heavy atom. The second-order valence-corrected chi connectivity index (χ2v) is 11.8. The zero-order valence-corrected chi connectivity index (χ0v) is 22.9. The summed E-state index contributed by atoms with van der Waals surface area (Å²) in [5, 5.41) is 20.4. The molecular weight excluding hydrogens is 494 g/mol. The second-order valence-electron chi connectivity index (χ2n) is 11.8. The molecule has 2 N–H and O–H groups in total. The lowest BCUT2D eigenvalue weighted by Crippen LogP contribution is -2.47. The maximum Gasteiger partial charge on any atom is 0.257 e. The topological polar surface area (TPSA) is 85.7 Å². The SMILES string of the molecule is C[C@@H]1CN(C[C@H](O)CN2CCc3ccccc3C2)C(=O)c2ccc(OC3CC4CCC(C3)N4CCO)cc2O1. The molecule has 8 heteroatoms. The average Bonchev–Trinajstić information content (AvgIpc) is 3.08. The van der Waals surface area contributed by atoms with Crippen LogP contribution in [-0.4, -0.2) is 101 Å². The Labute approximate surface area is 231 Å². The zero-order chi connectivity index (χ0) is 26.9. The number of β-amino-alcohol motifs (C(OH)–C–C–N with tert-alkyl or cyclic N) is 1. The first kappa shape index (κ1) is 26.6. The number of benzene rings is 2. The molecule has 0 radical (unpaired) electrons. The van der Waals surface area contributed by atoms with E-state index in [1.54, 1.807) is 4.90 Å². The first-order valence-corrected chi connectivity index (χ1v) is 14.6. The molecule has 2 unspecified atom stereocenters. The van der Waals surface area contributed by atoms with Crippen molar-refractivity contribution in [1.82, 2.24) is 14.7 Å². The molecule has 210 valence electrons. The van der Waals surface area contributed by atoms with E-state index in [4.69, 9.17) is 9.47 Å². The van der Waals surface area contributed by atoms with Crippen molar-refractivity contribution in [1.29, 1.82) is 0 Å². The van der Waals surface area contributed by atoms with Gasteiger partial charge >= 0.3 is 0 Å². The highest BCUT2D eigenvalue weighted by Crippen LogP contribution is 2.38. The summed E-state index contributed by atoms with van der Waals surface area (Å²) in [6.07, 6.45) is 4.52. The van der Waals surface area contributed by atoms with Gasteiger partial charge in [0, 0.05) is 50.9 Å².